The summed E-state index contributed by atoms with van der Waals surface area (Å²) in [6.07, 6.45) is 0. The molecule has 0 spiro atoms. The molecule has 0 heterocycles. The topological polar surface area (TPSA) is 88.7 Å². The SMILES string of the molecule is CN=C(NC(N)=O)Nc1c(C)cc(OCc2ccccc2)cc1C. The quantitative estimate of drug-likeness (QED) is 0.596. The third-order valence-corrected chi connectivity index (χ3v) is 3.46. The monoisotopic (exact) mass is 326 g/mol. The van der Waals surface area contributed by atoms with Crippen molar-refractivity contribution in [3.8, 4) is 5.75 Å². The van der Waals surface area contributed by atoms with Crippen LogP contribution in [0.5, 0.6) is 5.75 Å². The number of guanidine groups is 1. The second-order valence-corrected chi connectivity index (χ2v) is 5.39. The van der Waals surface area contributed by atoms with Crippen molar-refractivity contribution in [3.05, 3.63) is 59.2 Å². The van der Waals surface area contributed by atoms with Gasteiger partial charge in [-0.3, -0.25) is 10.3 Å². The molecule has 0 aliphatic carbocycles. The number of carbonyl (C=O) groups is 1. The summed E-state index contributed by atoms with van der Waals surface area (Å²) in [6, 6.07) is 13.2. The molecule has 0 aliphatic heterocycles. The van der Waals surface area contributed by atoms with Crippen molar-refractivity contribution >= 4 is 17.7 Å². The lowest BCUT2D eigenvalue weighted by molar-refractivity contribution is 0.253. The maximum absolute atomic E-state index is 11.0. The second-order valence-electron chi connectivity index (χ2n) is 5.39. The molecular weight excluding hydrogens is 304 g/mol. The highest BCUT2D eigenvalue weighted by molar-refractivity contribution is 6.03. The third-order valence-electron chi connectivity index (χ3n) is 3.46. The fraction of sp³-hybridized carbons (Fsp3) is 0.222. The van der Waals surface area contributed by atoms with Crippen LogP contribution < -0.4 is 21.1 Å². The minimum Gasteiger partial charge on any atom is -0.489 e. The molecule has 6 heteroatoms. The number of nitrogens with two attached hydrogens (primary N) is 1. The predicted molar refractivity (Wildman–Crippen MR) is 96.4 cm³/mol. The summed E-state index contributed by atoms with van der Waals surface area (Å²) in [5.41, 5.74) is 9.05. The number of ether oxygens (including phenoxy) is 1. The zero-order valence-corrected chi connectivity index (χ0v) is 14.1. The lowest BCUT2D eigenvalue weighted by Crippen LogP contribution is -2.39. The average Bonchev–Trinajstić information content (AvgIpc) is 2.55. The van der Waals surface area contributed by atoms with E-state index in [1.807, 2.05) is 56.3 Å². The normalized spacial score (nSPS) is 11.0. The van der Waals surface area contributed by atoms with Crippen LogP contribution in [0.1, 0.15) is 16.7 Å². The molecular formula is C18H22N4O2. The summed E-state index contributed by atoms with van der Waals surface area (Å²) in [4.78, 5) is 14.9. The van der Waals surface area contributed by atoms with Crippen molar-refractivity contribution in [2.75, 3.05) is 12.4 Å². The fourth-order valence-corrected chi connectivity index (χ4v) is 2.32. The highest BCUT2D eigenvalue weighted by Crippen LogP contribution is 2.26. The molecule has 0 aliphatic rings. The molecule has 0 unspecified atom stereocenters. The van der Waals surface area contributed by atoms with E-state index in [9.17, 15) is 4.79 Å². The number of aliphatic imine (C=N–C) groups is 1. The number of carbonyl (C=O) groups excluding carboxylic acids is 1. The lowest BCUT2D eigenvalue weighted by atomic mass is 10.1. The van der Waals surface area contributed by atoms with E-state index in [1.54, 1.807) is 7.05 Å². The number of aryl methyl sites for hydroxylation is 2. The van der Waals surface area contributed by atoms with E-state index >= 15 is 0 Å². The van der Waals surface area contributed by atoms with Gasteiger partial charge in [-0.1, -0.05) is 30.3 Å². The fourth-order valence-electron chi connectivity index (χ4n) is 2.32. The molecule has 2 amide bonds. The zero-order chi connectivity index (χ0) is 17.5. The van der Waals surface area contributed by atoms with Gasteiger partial charge in [0.1, 0.15) is 12.4 Å². The summed E-state index contributed by atoms with van der Waals surface area (Å²) in [7, 11) is 1.57. The number of urea groups is 1. The van der Waals surface area contributed by atoms with Crippen LogP contribution in [-0.4, -0.2) is 19.0 Å². The first-order valence-corrected chi connectivity index (χ1v) is 7.58. The summed E-state index contributed by atoms with van der Waals surface area (Å²) >= 11 is 0. The molecule has 0 fully saturated rings. The molecule has 0 saturated heterocycles. The maximum atomic E-state index is 11.0. The van der Waals surface area contributed by atoms with Gasteiger partial charge in [0, 0.05) is 12.7 Å². The highest BCUT2D eigenvalue weighted by Gasteiger charge is 2.09. The standard InChI is InChI=1S/C18H22N4O2/c1-12-9-15(24-11-14-7-5-4-6-8-14)10-13(2)16(12)21-18(20-3)22-17(19)23/h4-10H,11H2,1-3H3,(H4,19,20,21,22,23). The highest BCUT2D eigenvalue weighted by atomic mass is 16.5. The van der Waals surface area contributed by atoms with Crippen molar-refractivity contribution in [2.24, 2.45) is 10.7 Å². The van der Waals surface area contributed by atoms with Crippen LogP contribution in [0.25, 0.3) is 0 Å². The van der Waals surface area contributed by atoms with Crippen LogP contribution in [0.4, 0.5) is 10.5 Å². The number of hydrogen-bond donors (Lipinski definition) is 3. The van der Waals surface area contributed by atoms with Crippen molar-refractivity contribution in [2.45, 2.75) is 20.5 Å². The number of amides is 2. The van der Waals surface area contributed by atoms with Crippen molar-refractivity contribution < 1.29 is 9.53 Å². The first kappa shape index (κ1) is 17.3. The van der Waals surface area contributed by atoms with Crippen molar-refractivity contribution in [1.29, 1.82) is 0 Å². The number of hydrogen-bond acceptors (Lipinski definition) is 3. The van der Waals surface area contributed by atoms with E-state index in [-0.39, 0.29) is 0 Å². The molecule has 4 N–H and O–H groups in total. The third kappa shape index (κ3) is 4.74. The van der Waals surface area contributed by atoms with Crippen LogP contribution in [0.15, 0.2) is 47.5 Å². The van der Waals surface area contributed by atoms with E-state index in [0.717, 1.165) is 28.1 Å². The van der Waals surface area contributed by atoms with Crippen LogP contribution in [-0.2, 0) is 6.61 Å². The molecule has 0 radical (unpaired) electrons. The lowest BCUT2D eigenvalue weighted by Gasteiger charge is -2.16. The molecule has 2 aromatic rings. The minimum absolute atomic E-state index is 0.298. The van der Waals surface area contributed by atoms with Gasteiger partial charge < -0.3 is 15.8 Å². The molecule has 24 heavy (non-hydrogen) atoms. The Labute approximate surface area is 141 Å². The van der Waals surface area contributed by atoms with E-state index in [2.05, 4.69) is 15.6 Å². The molecule has 0 atom stereocenters. The zero-order valence-electron chi connectivity index (χ0n) is 14.1. The largest absolute Gasteiger partial charge is 0.489 e. The van der Waals surface area contributed by atoms with Crippen LogP contribution in [0.3, 0.4) is 0 Å². The van der Waals surface area contributed by atoms with Gasteiger partial charge in [-0.15, -0.1) is 0 Å². The summed E-state index contributed by atoms with van der Waals surface area (Å²) in [6.45, 7) is 4.43. The van der Waals surface area contributed by atoms with Gasteiger partial charge in [0.05, 0.1) is 0 Å². The Morgan fingerprint density at radius 1 is 1.17 bits per heavy atom. The maximum Gasteiger partial charge on any atom is 0.318 e. The number of nitrogens with zero attached hydrogens (tertiary/aromatic N) is 1. The smallest absolute Gasteiger partial charge is 0.318 e. The van der Waals surface area contributed by atoms with Crippen molar-refractivity contribution in [1.82, 2.24) is 5.32 Å². The molecule has 126 valence electrons. The Hall–Kier alpha value is -3.02. The van der Waals surface area contributed by atoms with E-state index in [0.29, 0.717) is 12.6 Å². The first-order valence-electron chi connectivity index (χ1n) is 7.58. The van der Waals surface area contributed by atoms with E-state index < -0.39 is 6.03 Å². The van der Waals surface area contributed by atoms with Crippen molar-refractivity contribution in [3.63, 3.8) is 0 Å². The number of nitrogens with one attached hydrogen (secondary N) is 2. The molecule has 0 aromatic heterocycles. The predicted octanol–water partition coefficient (Wildman–Crippen LogP) is 2.95. The molecule has 0 bridgehead atoms. The Kier molecular flexibility index (Phi) is 5.78. The number of rotatable bonds is 4. The number of benzene rings is 2. The summed E-state index contributed by atoms with van der Waals surface area (Å²) in [5.74, 6) is 1.09. The van der Waals surface area contributed by atoms with Crippen LogP contribution in [0.2, 0.25) is 0 Å². The average molecular weight is 326 g/mol. The summed E-state index contributed by atoms with van der Waals surface area (Å²) in [5, 5.41) is 5.52. The van der Waals surface area contributed by atoms with Gasteiger partial charge in [0.2, 0.25) is 5.96 Å². The molecule has 0 saturated carbocycles. The van der Waals surface area contributed by atoms with Crippen LogP contribution >= 0.6 is 0 Å². The Balaban J connectivity index is 2.11. The Bertz CT molecular complexity index is 719. The van der Waals surface area contributed by atoms with Gasteiger partial charge in [0.15, 0.2) is 0 Å². The first-order chi connectivity index (χ1) is 11.5. The second kappa shape index (κ2) is 8.01. The molecule has 6 nitrogen and oxygen atoms in total. The van der Waals surface area contributed by atoms with E-state index in [1.165, 1.54) is 0 Å². The van der Waals surface area contributed by atoms with Gasteiger partial charge >= 0.3 is 6.03 Å². The number of anilines is 1. The molecule has 2 aromatic carbocycles. The van der Waals surface area contributed by atoms with E-state index in [4.69, 9.17) is 10.5 Å². The minimum atomic E-state index is -0.666. The van der Waals surface area contributed by atoms with Gasteiger partial charge in [0.25, 0.3) is 0 Å². The van der Waals surface area contributed by atoms with Crippen LogP contribution in [0, 0.1) is 13.8 Å². The number of primary amides is 1. The Morgan fingerprint density at radius 2 is 1.79 bits per heavy atom. The molecule has 2 rings (SSSR count). The Morgan fingerprint density at radius 3 is 2.33 bits per heavy atom. The summed E-state index contributed by atoms with van der Waals surface area (Å²) < 4.78 is 5.86. The van der Waals surface area contributed by atoms with Gasteiger partial charge in [-0.05, 0) is 42.7 Å². The van der Waals surface area contributed by atoms with Gasteiger partial charge in [-0.25, -0.2) is 4.79 Å². The van der Waals surface area contributed by atoms with Gasteiger partial charge in [-0.2, -0.15) is 0 Å².